The van der Waals surface area contributed by atoms with Crippen LogP contribution in [0.5, 0.6) is 0 Å². The number of thiocarbonyl (C=S) groups is 1. The van der Waals surface area contributed by atoms with Gasteiger partial charge in [0.2, 0.25) is 0 Å². The maximum Gasteiger partial charge on any atom is 0.259 e. The largest absolute Gasteiger partial charge is 0.364 e. The molecule has 2 aromatic heterocycles. The summed E-state index contributed by atoms with van der Waals surface area (Å²) >= 11 is 7.87. The third-order valence-corrected chi connectivity index (χ3v) is 5.65. The minimum atomic E-state index is -0.610. The first-order valence-electron chi connectivity index (χ1n) is 7.26. The van der Waals surface area contributed by atoms with Crippen molar-refractivity contribution in [3.63, 3.8) is 0 Å². The summed E-state index contributed by atoms with van der Waals surface area (Å²) in [7, 11) is 0. The van der Waals surface area contributed by atoms with E-state index in [2.05, 4.69) is 15.3 Å². The van der Waals surface area contributed by atoms with E-state index in [1.165, 1.54) is 35.2 Å². The van der Waals surface area contributed by atoms with Crippen molar-refractivity contribution in [2.45, 2.75) is 19.2 Å². The molecular weight excluding hydrogens is 384 g/mol. The molecule has 3 aromatic rings. The number of thioether (sulfide) groups is 1. The lowest BCUT2D eigenvalue weighted by Gasteiger charge is -2.08. The summed E-state index contributed by atoms with van der Waals surface area (Å²) in [6.07, 6.45) is 0. The molecule has 0 aliphatic rings. The normalized spacial score (nSPS) is 11.0. The van der Waals surface area contributed by atoms with E-state index in [1.54, 1.807) is 6.07 Å². The second kappa shape index (κ2) is 7.59. The molecule has 4 nitrogen and oxygen atoms in total. The van der Waals surface area contributed by atoms with Crippen molar-refractivity contribution in [2.24, 2.45) is 0 Å². The molecule has 1 aromatic carbocycles. The van der Waals surface area contributed by atoms with Crippen LogP contribution in [-0.2, 0) is 12.3 Å². The zero-order valence-electron chi connectivity index (χ0n) is 13.1. The van der Waals surface area contributed by atoms with Crippen molar-refractivity contribution >= 4 is 49.9 Å². The summed E-state index contributed by atoms with van der Waals surface area (Å²) in [5, 5.41) is 3.55. The van der Waals surface area contributed by atoms with Crippen molar-refractivity contribution in [1.29, 1.82) is 0 Å². The number of benzene rings is 1. The lowest BCUT2D eigenvalue weighted by atomic mass is 10.2. The van der Waals surface area contributed by atoms with Crippen LogP contribution >= 0.6 is 35.3 Å². The number of aromatic nitrogens is 2. The molecule has 0 aliphatic carbocycles. The Balaban J connectivity index is 1.59. The first kappa shape index (κ1) is 18.0. The van der Waals surface area contributed by atoms with Gasteiger partial charge in [-0.15, -0.1) is 11.3 Å². The Morgan fingerprint density at radius 2 is 2.20 bits per heavy atom. The maximum atomic E-state index is 13.6. The predicted molar refractivity (Wildman–Crippen MR) is 102 cm³/mol. The van der Waals surface area contributed by atoms with E-state index in [4.69, 9.17) is 12.2 Å². The first-order valence-corrected chi connectivity index (χ1v) is 9.47. The number of rotatable bonds is 4. The van der Waals surface area contributed by atoms with E-state index in [1.807, 2.05) is 6.92 Å². The third-order valence-electron chi connectivity index (χ3n) is 3.35. The highest BCUT2D eigenvalue weighted by Crippen LogP contribution is 2.20. The molecule has 0 radical (unpaired) electrons. The zero-order chi connectivity index (χ0) is 18.0. The molecule has 0 amide bonds. The Labute approximate surface area is 155 Å². The molecular formula is C16H13F2N3OS3. The van der Waals surface area contributed by atoms with Gasteiger partial charge in [0.1, 0.15) is 26.6 Å². The fraction of sp³-hybridized carbons (Fsp3) is 0.188. The van der Waals surface area contributed by atoms with Gasteiger partial charge in [0, 0.05) is 16.7 Å². The fourth-order valence-electron chi connectivity index (χ4n) is 2.17. The van der Waals surface area contributed by atoms with Gasteiger partial charge in [-0.2, -0.15) is 0 Å². The van der Waals surface area contributed by atoms with Gasteiger partial charge in [-0.05, 0) is 24.6 Å². The number of H-pyrrole nitrogens is 1. The highest BCUT2D eigenvalue weighted by atomic mass is 32.2. The fourth-order valence-corrected chi connectivity index (χ4v) is 4.01. The second-order valence-corrected chi connectivity index (χ2v) is 8.14. The molecule has 9 heteroatoms. The quantitative estimate of drug-likeness (QED) is 0.655. The van der Waals surface area contributed by atoms with Crippen LogP contribution in [0.4, 0.5) is 8.78 Å². The number of nitrogens with zero attached hydrogens (tertiary/aromatic N) is 1. The second-order valence-electron chi connectivity index (χ2n) is 5.25. The van der Waals surface area contributed by atoms with Crippen LogP contribution in [0.25, 0.3) is 10.2 Å². The molecule has 0 bridgehead atoms. The zero-order valence-corrected chi connectivity index (χ0v) is 15.5. The summed E-state index contributed by atoms with van der Waals surface area (Å²) in [6, 6.07) is 5.26. The standard InChI is InChI=1S/C16H13F2N3OS3/c1-8-4-11-14(22)20-13(21-15(11)25-8)6-19-16(23)24-7-9-2-3-10(17)5-12(9)18/h2-5H,6-7H2,1H3,(H,19,23)(H,20,21,22). The van der Waals surface area contributed by atoms with Crippen molar-refractivity contribution in [1.82, 2.24) is 15.3 Å². The lowest BCUT2D eigenvalue weighted by Crippen LogP contribution is -2.22. The van der Waals surface area contributed by atoms with Gasteiger partial charge in [-0.1, -0.05) is 30.0 Å². The number of hydrogen-bond donors (Lipinski definition) is 2. The van der Waals surface area contributed by atoms with E-state index < -0.39 is 11.6 Å². The molecule has 0 saturated heterocycles. The van der Waals surface area contributed by atoms with Crippen LogP contribution in [-0.4, -0.2) is 14.3 Å². The first-order chi connectivity index (χ1) is 11.9. The van der Waals surface area contributed by atoms with Crippen LogP contribution < -0.4 is 10.9 Å². The Kier molecular flexibility index (Phi) is 5.45. The van der Waals surface area contributed by atoms with E-state index in [9.17, 15) is 13.6 Å². The van der Waals surface area contributed by atoms with Crippen LogP contribution in [0.2, 0.25) is 0 Å². The van der Waals surface area contributed by atoms with Gasteiger partial charge in [-0.3, -0.25) is 4.79 Å². The molecule has 2 heterocycles. The molecule has 2 N–H and O–H groups in total. The Morgan fingerprint density at radius 1 is 1.40 bits per heavy atom. The number of fused-ring (bicyclic) bond motifs is 1. The van der Waals surface area contributed by atoms with Crippen LogP contribution in [0, 0.1) is 18.6 Å². The topological polar surface area (TPSA) is 57.8 Å². The molecule has 0 atom stereocenters. The molecule has 25 heavy (non-hydrogen) atoms. The van der Waals surface area contributed by atoms with Crippen LogP contribution in [0.1, 0.15) is 16.3 Å². The smallest absolute Gasteiger partial charge is 0.259 e. The Morgan fingerprint density at radius 3 is 2.96 bits per heavy atom. The van der Waals surface area contributed by atoms with Crippen molar-refractivity contribution in [3.8, 4) is 0 Å². The molecule has 0 spiro atoms. The van der Waals surface area contributed by atoms with Gasteiger partial charge in [0.05, 0.1) is 11.9 Å². The van der Waals surface area contributed by atoms with Crippen molar-refractivity contribution in [3.05, 3.63) is 62.5 Å². The number of nitrogens with one attached hydrogen (secondary N) is 2. The molecule has 130 valence electrons. The number of aromatic amines is 1. The molecule has 0 fully saturated rings. The van der Waals surface area contributed by atoms with Gasteiger partial charge in [-0.25, -0.2) is 13.8 Å². The SMILES string of the molecule is Cc1cc2c(=O)[nH]c(CNC(=S)SCc3ccc(F)cc3F)nc2s1. The van der Waals surface area contributed by atoms with Crippen molar-refractivity contribution in [2.75, 3.05) is 0 Å². The highest BCUT2D eigenvalue weighted by Gasteiger charge is 2.09. The average Bonchev–Trinajstić information content (AvgIpc) is 2.93. The monoisotopic (exact) mass is 397 g/mol. The summed E-state index contributed by atoms with van der Waals surface area (Å²) in [5.74, 6) is -0.443. The summed E-state index contributed by atoms with van der Waals surface area (Å²) in [5.41, 5.74) is 0.190. The van der Waals surface area contributed by atoms with Gasteiger partial charge >= 0.3 is 0 Å². The Bertz CT molecular complexity index is 1000. The number of halogens is 2. The molecule has 0 saturated carbocycles. The third kappa shape index (κ3) is 4.42. The summed E-state index contributed by atoms with van der Waals surface area (Å²) in [4.78, 5) is 20.8. The number of aryl methyl sites for hydroxylation is 1. The lowest BCUT2D eigenvalue weighted by molar-refractivity contribution is 0.577. The Hall–Kier alpha value is -1.84. The van der Waals surface area contributed by atoms with E-state index in [0.29, 0.717) is 25.9 Å². The highest BCUT2D eigenvalue weighted by molar-refractivity contribution is 8.22. The van der Waals surface area contributed by atoms with E-state index in [0.717, 1.165) is 10.9 Å². The minimum Gasteiger partial charge on any atom is -0.364 e. The van der Waals surface area contributed by atoms with Crippen LogP contribution in [0.15, 0.2) is 29.1 Å². The molecule has 0 aliphatic heterocycles. The van der Waals surface area contributed by atoms with Crippen molar-refractivity contribution < 1.29 is 8.78 Å². The average molecular weight is 397 g/mol. The minimum absolute atomic E-state index is 0.182. The maximum absolute atomic E-state index is 13.6. The predicted octanol–water partition coefficient (Wildman–Crippen LogP) is 3.88. The molecule has 0 unspecified atom stereocenters. The van der Waals surface area contributed by atoms with E-state index in [-0.39, 0.29) is 17.9 Å². The number of hydrogen-bond acceptors (Lipinski definition) is 5. The van der Waals surface area contributed by atoms with Crippen LogP contribution in [0.3, 0.4) is 0 Å². The van der Waals surface area contributed by atoms with Gasteiger partial charge in [0.25, 0.3) is 5.56 Å². The summed E-state index contributed by atoms with van der Waals surface area (Å²) < 4.78 is 26.9. The van der Waals surface area contributed by atoms with E-state index >= 15 is 0 Å². The van der Waals surface area contributed by atoms with Gasteiger partial charge in [0.15, 0.2) is 0 Å². The summed E-state index contributed by atoms with van der Waals surface area (Å²) in [6.45, 7) is 2.18. The number of thiophene rings is 1. The molecule has 3 rings (SSSR count). The van der Waals surface area contributed by atoms with Gasteiger partial charge < -0.3 is 10.3 Å².